The Morgan fingerprint density at radius 2 is 1.85 bits per heavy atom. The van der Waals surface area contributed by atoms with E-state index in [1.165, 1.54) is 11.1 Å². The van der Waals surface area contributed by atoms with E-state index >= 15 is 0 Å². The van der Waals surface area contributed by atoms with Crippen LogP contribution < -0.4 is 10.6 Å². The highest BCUT2D eigenvalue weighted by Crippen LogP contribution is 2.31. The molecule has 0 saturated carbocycles. The van der Waals surface area contributed by atoms with Crippen molar-refractivity contribution in [2.45, 2.75) is 32.7 Å². The zero-order chi connectivity index (χ0) is 17.8. The van der Waals surface area contributed by atoms with E-state index in [9.17, 15) is 4.79 Å². The number of nitrogen functional groups attached to an aromatic ring is 1. The molecule has 0 unspecified atom stereocenters. The molecule has 26 heavy (non-hydrogen) atoms. The topological polar surface area (TPSA) is 49.6 Å². The lowest BCUT2D eigenvalue weighted by molar-refractivity contribution is -0.129. The number of halogens is 1. The Kier molecular flexibility index (Phi) is 6.92. The Bertz CT molecular complexity index is 745. The summed E-state index contributed by atoms with van der Waals surface area (Å²) in [5.74, 6) is 0.134. The number of amides is 1. The first-order valence-electron chi connectivity index (χ1n) is 9.02. The number of fused-ring (bicyclic) bond motifs is 1. The highest BCUT2D eigenvalue weighted by atomic mass is 35.5. The fourth-order valence-electron chi connectivity index (χ4n) is 3.42. The second-order valence-electron chi connectivity index (χ2n) is 6.79. The minimum Gasteiger partial charge on any atom is -0.398 e. The molecule has 2 aromatic carbocycles. The van der Waals surface area contributed by atoms with Crippen molar-refractivity contribution in [3.05, 3.63) is 59.2 Å². The summed E-state index contributed by atoms with van der Waals surface area (Å²) in [5, 5.41) is 0. The van der Waals surface area contributed by atoms with E-state index in [0.29, 0.717) is 13.1 Å². The van der Waals surface area contributed by atoms with E-state index in [-0.39, 0.29) is 18.3 Å². The van der Waals surface area contributed by atoms with Crippen LogP contribution in [-0.4, -0.2) is 30.9 Å². The molecule has 2 aromatic rings. The van der Waals surface area contributed by atoms with Crippen LogP contribution in [0.4, 0.5) is 11.4 Å². The number of benzene rings is 2. The van der Waals surface area contributed by atoms with Crippen LogP contribution in [0.15, 0.2) is 42.5 Å². The van der Waals surface area contributed by atoms with Gasteiger partial charge in [-0.25, -0.2) is 0 Å². The Balaban J connectivity index is 0.00000243. The van der Waals surface area contributed by atoms with Gasteiger partial charge in [0.1, 0.15) is 0 Å². The molecule has 1 aliphatic rings. The van der Waals surface area contributed by atoms with Crippen molar-refractivity contribution in [3.8, 4) is 0 Å². The van der Waals surface area contributed by atoms with Crippen LogP contribution in [0, 0.1) is 0 Å². The van der Waals surface area contributed by atoms with Crippen LogP contribution >= 0.6 is 12.4 Å². The van der Waals surface area contributed by atoms with E-state index in [4.69, 9.17) is 5.73 Å². The summed E-state index contributed by atoms with van der Waals surface area (Å²) in [5.41, 5.74) is 11.7. The number of rotatable bonds is 5. The van der Waals surface area contributed by atoms with Gasteiger partial charge in [-0.05, 0) is 48.1 Å². The number of anilines is 2. The highest BCUT2D eigenvalue weighted by Gasteiger charge is 2.22. The Hall–Kier alpha value is -2.20. The van der Waals surface area contributed by atoms with Crippen LogP contribution in [0.2, 0.25) is 0 Å². The first-order chi connectivity index (χ1) is 12.1. The van der Waals surface area contributed by atoms with Crippen molar-refractivity contribution in [1.29, 1.82) is 0 Å². The maximum absolute atomic E-state index is 12.7. The minimum absolute atomic E-state index is 0. The lowest BCUT2D eigenvalue weighted by Crippen LogP contribution is -2.40. The third-order valence-electron chi connectivity index (χ3n) is 4.99. The molecule has 4 nitrogen and oxygen atoms in total. The van der Waals surface area contributed by atoms with Crippen molar-refractivity contribution in [2.75, 3.05) is 30.8 Å². The lowest BCUT2D eigenvalue weighted by Gasteiger charge is -2.32. The zero-order valence-electron chi connectivity index (χ0n) is 15.6. The van der Waals surface area contributed by atoms with Gasteiger partial charge in [-0.2, -0.15) is 0 Å². The molecule has 5 heteroatoms. The number of hydrogen-bond donors (Lipinski definition) is 1. The number of carbonyl (C=O) groups excluding carboxylic acids is 1. The Morgan fingerprint density at radius 1 is 1.15 bits per heavy atom. The summed E-state index contributed by atoms with van der Waals surface area (Å²) in [6.07, 6.45) is 3.07. The molecular formula is C21H28ClN3O. The number of aryl methyl sites for hydroxylation is 1. The molecule has 1 aliphatic heterocycles. The molecule has 0 atom stereocenters. The monoisotopic (exact) mass is 373 g/mol. The first kappa shape index (κ1) is 20.1. The van der Waals surface area contributed by atoms with E-state index < -0.39 is 0 Å². The van der Waals surface area contributed by atoms with Crippen LogP contribution in [0.25, 0.3) is 0 Å². The summed E-state index contributed by atoms with van der Waals surface area (Å²) in [6.45, 7) is 4.09. The molecule has 3 rings (SSSR count). The van der Waals surface area contributed by atoms with E-state index in [1.807, 2.05) is 24.1 Å². The summed E-state index contributed by atoms with van der Waals surface area (Å²) in [4.78, 5) is 16.7. The number of nitrogens with zero attached hydrogens (tertiary/aromatic N) is 2. The Morgan fingerprint density at radius 3 is 2.54 bits per heavy atom. The second-order valence-corrected chi connectivity index (χ2v) is 6.79. The molecule has 0 fully saturated rings. The van der Waals surface area contributed by atoms with Crippen LogP contribution in [-0.2, 0) is 24.2 Å². The van der Waals surface area contributed by atoms with Crippen molar-refractivity contribution in [3.63, 3.8) is 0 Å². The average molecular weight is 374 g/mol. The molecule has 0 saturated heterocycles. The SMILES string of the molecule is CCc1ccc(CN(C)C(=O)CN2CCCc3c(N)cccc32)cc1.Cl. The normalized spacial score (nSPS) is 12.9. The third kappa shape index (κ3) is 4.50. The highest BCUT2D eigenvalue weighted by molar-refractivity contribution is 5.85. The summed E-state index contributed by atoms with van der Waals surface area (Å²) in [7, 11) is 1.88. The Labute approximate surface area is 162 Å². The molecule has 2 N–H and O–H groups in total. The molecule has 0 spiro atoms. The van der Waals surface area contributed by atoms with Gasteiger partial charge in [0.25, 0.3) is 0 Å². The van der Waals surface area contributed by atoms with Gasteiger partial charge in [0, 0.05) is 31.5 Å². The quantitative estimate of drug-likeness (QED) is 0.813. The molecule has 0 bridgehead atoms. The van der Waals surface area contributed by atoms with Gasteiger partial charge in [-0.15, -0.1) is 12.4 Å². The van der Waals surface area contributed by atoms with Gasteiger partial charge in [-0.1, -0.05) is 37.3 Å². The number of nitrogens with two attached hydrogens (primary N) is 1. The predicted octanol–water partition coefficient (Wildman–Crippen LogP) is 3.66. The second kappa shape index (κ2) is 8.95. The first-order valence-corrected chi connectivity index (χ1v) is 9.02. The summed E-state index contributed by atoms with van der Waals surface area (Å²) in [6, 6.07) is 14.5. The maximum Gasteiger partial charge on any atom is 0.242 e. The van der Waals surface area contributed by atoms with Crippen LogP contribution in [0.1, 0.15) is 30.0 Å². The molecule has 140 valence electrons. The third-order valence-corrected chi connectivity index (χ3v) is 4.99. The van der Waals surface area contributed by atoms with E-state index in [0.717, 1.165) is 42.7 Å². The molecule has 1 heterocycles. The van der Waals surface area contributed by atoms with Gasteiger partial charge in [0.2, 0.25) is 5.91 Å². The molecule has 1 amide bonds. The fraction of sp³-hybridized carbons (Fsp3) is 0.381. The standard InChI is InChI=1S/C21H27N3O.ClH/c1-3-16-9-11-17(12-10-16)14-23(2)21(25)15-24-13-5-6-18-19(22)7-4-8-20(18)24;/h4,7-12H,3,5-6,13-15,22H2,1-2H3;1H. The van der Waals surface area contributed by atoms with Gasteiger partial charge in [0.15, 0.2) is 0 Å². The molecule has 0 aromatic heterocycles. The summed E-state index contributed by atoms with van der Waals surface area (Å²) >= 11 is 0. The average Bonchev–Trinajstić information content (AvgIpc) is 2.63. The van der Waals surface area contributed by atoms with E-state index in [2.05, 4.69) is 42.2 Å². The van der Waals surface area contributed by atoms with Gasteiger partial charge < -0.3 is 15.5 Å². The number of hydrogen-bond acceptors (Lipinski definition) is 3. The van der Waals surface area contributed by atoms with Crippen molar-refractivity contribution >= 4 is 29.7 Å². The fourth-order valence-corrected chi connectivity index (χ4v) is 3.42. The van der Waals surface area contributed by atoms with Crippen LogP contribution in [0.5, 0.6) is 0 Å². The number of carbonyl (C=O) groups is 1. The molecule has 0 aliphatic carbocycles. The number of likely N-dealkylation sites (N-methyl/N-ethyl adjacent to an activating group) is 1. The van der Waals surface area contributed by atoms with Gasteiger partial charge >= 0.3 is 0 Å². The van der Waals surface area contributed by atoms with E-state index in [1.54, 1.807) is 0 Å². The van der Waals surface area contributed by atoms with Crippen molar-refractivity contribution in [2.24, 2.45) is 0 Å². The lowest BCUT2D eigenvalue weighted by atomic mass is 10.00. The zero-order valence-corrected chi connectivity index (χ0v) is 16.4. The molecule has 0 radical (unpaired) electrons. The summed E-state index contributed by atoms with van der Waals surface area (Å²) < 4.78 is 0. The maximum atomic E-state index is 12.7. The van der Waals surface area contributed by atoms with Gasteiger partial charge in [0.05, 0.1) is 6.54 Å². The molecular weight excluding hydrogens is 346 g/mol. The van der Waals surface area contributed by atoms with Crippen molar-refractivity contribution < 1.29 is 4.79 Å². The minimum atomic E-state index is 0. The van der Waals surface area contributed by atoms with Crippen LogP contribution in [0.3, 0.4) is 0 Å². The smallest absolute Gasteiger partial charge is 0.242 e. The van der Waals surface area contributed by atoms with Gasteiger partial charge in [-0.3, -0.25) is 4.79 Å². The largest absolute Gasteiger partial charge is 0.398 e. The predicted molar refractivity (Wildman–Crippen MR) is 111 cm³/mol. The van der Waals surface area contributed by atoms with Crippen molar-refractivity contribution in [1.82, 2.24) is 4.90 Å².